The summed E-state index contributed by atoms with van der Waals surface area (Å²) >= 11 is 6.08. The molecule has 0 bridgehead atoms. The fraction of sp³-hybridized carbons (Fsp3) is 0.444. The van der Waals surface area contributed by atoms with Gasteiger partial charge in [-0.1, -0.05) is 22.8 Å². The zero-order valence-electron chi connectivity index (χ0n) is 15.0. The van der Waals surface area contributed by atoms with Crippen molar-refractivity contribution in [1.29, 1.82) is 0 Å². The number of aromatic nitrogens is 1. The van der Waals surface area contributed by atoms with Gasteiger partial charge in [0.1, 0.15) is 22.8 Å². The minimum absolute atomic E-state index is 0.0120. The Kier molecular flexibility index (Phi) is 5.95. The second kappa shape index (κ2) is 8.08. The minimum atomic E-state index is -4.29. The number of rotatable bonds is 3. The van der Waals surface area contributed by atoms with Gasteiger partial charge >= 0.3 is 6.18 Å². The van der Waals surface area contributed by atoms with Crippen LogP contribution < -0.4 is 0 Å². The molecule has 0 N–H and O–H groups in total. The highest BCUT2D eigenvalue weighted by Gasteiger charge is 2.33. The molecule has 1 aliphatic rings. The Balaban J connectivity index is 1.85. The Morgan fingerprint density at radius 1 is 1.25 bits per heavy atom. The van der Waals surface area contributed by atoms with E-state index < -0.39 is 24.4 Å². The van der Waals surface area contributed by atoms with E-state index in [1.807, 2.05) is 0 Å². The Morgan fingerprint density at radius 2 is 2.00 bits per heavy atom. The fourth-order valence-electron chi connectivity index (χ4n) is 3.26. The first-order valence-electron chi connectivity index (χ1n) is 8.66. The molecule has 0 spiro atoms. The van der Waals surface area contributed by atoms with E-state index in [2.05, 4.69) is 5.16 Å². The number of carbonyl (C=O) groups excluding carboxylic acids is 1. The smallest absolute Gasteiger partial charge is 0.360 e. The van der Waals surface area contributed by atoms with E-state index in [0.29, 0.717) is 6.42 Å². The first kappa shape index (κ1) is 20.6. The van der Waals surface area contributed by atoms with E-state index in [4.69, 9.17) is 16.1 Å². The maximum atomic E-state index is 14.3. The summed E-state index contributed by atoms with van der Waals surface area (Å²) in [6.45, 7) is 1.22. The molecule has 2 heterocycles. The van der Waals surface area contributed by atoms with Gasteiger partial charge in [0, 0.05) is 26.2 Å². The van der Waals surface area contributed by atoms with Crippen LogP contribution in [0.3, 0.4) is 0 Å². The second-order valence-corrected chi connectivity index (χ2v) is 7.00. The van der Waals surface area contributed by atoms with Gasteiger partial charge < -0.3 is 9.42 Å². The molecule has 10 heteroatoms. The number of hydrogen-bond acceptors (Lipinski definition) is 4. The summed E-state index contributed by atoms with van der Waals surface area (Å²) in [5, 5.41) is 3.88. The summed E-state index contributed by atoms with van der Waals surface area (Å²) in [5.41, 5.74) is 0.0103. The van der Waals surface area contributed by atoms with E-state index in [9.17, 15) is 22.4 Å². The second-order valence-electron chi connectivity index (χ2n) is 6.60. The van der Waals surface area contributed by atoms with Gasteiger partial charge in [0.15, 0.2) is 0 Å². The number of nitrogens with zero attached hydrogens (tertiary/aromatic N) is 3. The third-order valence-electron chi connectivity index (χ3n) is 4.55. The number of benzene rings is 1. The third-order valence-corrected chi connectivity index (χ3v) is 4.87. The lowest BCUT2D eigenvalue weighted by atomic mass is 10.0. The molecular formula is C18H18ClF4N3O2. The van der Waals surface area contributed by atoms with Crippen LogP contribution in [0.2, 0.25) is 5.02 Å². The Morgan fingerprint density at radius 3 is 2.68 bits per heavy atom. The van der Waals surface area contributed by atoms with Crippen molar-refractivity contribution in [3.05, 3.63) is 40.4 Å². The molecule has 1 aliphatic heterocycles. The van der Waals surface area contributed by atoms with E-state index in [1.165, 1.54) is 34.9 Å². The highest BCUT2D eigenvalue weighted by molar-refractivity contribution is 6.33. The summed E-state index contributed by atoms with van der Waals surface area (Å²) in [5.74, 6) is -0.931. The van der Waals surface area contributed by atoms with Crippen molar-refractivity contribution in [3.8, 4) is 11.3 Å². The van der Waals surface area contributed by atoms with Crippen molar-refractivity contribution in [2.24, 2.45) is 0 Å². The van der Waals surface area contributed by atoms with Crippen molar-refractivity contribution in [1.82, 2.24) is 15.0 Å². The number of carbonyl (C=O) groups is 1. The predicted octanol–water partition coefficient (Wildman–Crippen LogP) is 4.15. The summed E-state index contributed by atoms with van der Waals surface area (Å²) in [4.78, 5) is 15.8. The normalized spacial score (nSPS) is 16.3. The lowest BCUT2D eigenvalue weighted by molar-refractivity contribution is -0.145. The molecule has 2 aromatic rings. The molecule has 0 saturated carbocycles. The Hall–Kier alpha value is -2.13. The Labute approximate surface area is 163 Å². The SMILES string of the molecule is Cc1onc(-c2c(F)cccc2Cl)c1C(=O)N1CCCN(CC(F)(F)F)CC1. The molecule has 1 aromatic heterocycles. The molecule has 0 aliphatic carbocycles. The number of halogens is 5. The first-order valence-corrected chi connectivity index (χ1v) is 9.04. The average Bonchev–Trinajstić information content (AvgIpc) is 2.82. The molecular weight excluding hydrogens is 402 g/mol. The van der Waals surface area contributed by atoms with Crippen LogP contribution >= 0.6 is 11.6 Å². The maximum Gasteiger partial charge on any atom is 0.401 e. The lowest BCUT2D eigenvalue weighted by Gasteiger charge is -2.22. The monoisotopic (exact) mass is 419 g/mol. The van der Waals surface area contributed by atoms with Crippen molar-refractivity contribution < 1.29 is 26.9 Å². The van der Waals surface area contributed by atoms with Crippen LogP contribution in [-0.2, 0) is 0 Å². The summed E-state index contributed by atoms with van der Waals surface area (Å²) < 4.78 is 57.3. The van der Waals surface area contributed by atoms with Crippen molar-refractivity contribution in [2.75, 3.05) is 32.7 Å². The maximum absolute atomic E-state index is 14.3. The van der Waals surface area contributed by atoms with Crippen LogP contribution in [-0.4, -0.2) is 59.8 Å². The molecule has 152 valence electrons. The number of hydrogen-bond donors (Lipinski definition) is 0. The minimum Gasteiger partial charge on any atom is -0.360 e. The molecule has 28 heavy (non-hydrogen) atoms. The van der Waals surface area contributed by atoms with Crippen LogP contribution in [0.15, 0.2) is 22.7 Å². The highest BCUT2D eigenvalue weighted by atomic mass is 35.5. The standard InChI is InChI=1S/C18H18ClF4N3O2/c1-11-14(16(24-28-11)15-12(19)4-2-5-13(15)20)17(27)26-7-3-6-25(8-9-26)10-18(21,22)23/h2,4-5H,3,6-10H2,1H3. The van der Waals surface area contributed by atoms with E-state index in [1.54, 1.807) is 0 Å². The van der Waals surface area contributed by atoms with Crippen molar-refractivity contribution >= 4 is 17.5 Å². The van der Waals surface area contributed by atoms with Crippen LogP contribution in [0.5, 0.6) is 0 Å². The number of amides is 1. The summed E-state index contributed by atoms with van der Waals surface area (Å²) in [6, 6.07) is 4.10. The highest BCUT2D eigenvalue weighted by Crippen LogP contribution is 2.34. The largest absolute Gasteiger partial charge is 0.401 e. The quantitative estimate of drug-likeness (QED) is 0.701. The van der Waals surface area contributed by atoms with Gasteiger partial charge in [-0.05, 0) is 25.5 Å². The molecule has 3 rings (SSSR count). The zero-order chi connectivity index (χ0) is 20.5. The number of aryl methyl sites for hydroxylation is 1. The number of alkyl halides is 3. The molecule has 1 saturated heterocycles. The molecule has 1 amide bonds. The average molecular weight is 420 g/mol. The predicted molar refractivity (Wildman–Crippen MR) is 94.7 cm³/mol. The van der Waals surface area contributed by atoms with Crippen LogP contribution in [0, 0.1) is 12.7 Å². The Bertz CT molecular complexity index is 849. The van der Waals surface area contributed by atoms with Crippen LogP contribution in [0.25, 0.3) is 11.3 Å². The van der Waals surface area contributed by atoms with Crippen molar-refractivity contribution in [3.63, 3.8) is 0 Å². The van der Waals surface area contributed by atoms with Crippen molar-refractivity contribution in [2.45, 2.75) is 19.5 Å². The van der Waals surface area contributed by atoms with Gasteiger partial charge in [-0.15, -0.1) is 0 Å². The topological polar surface area (TPSA) is 49.6 Å². The molecule has 0 radical (unpaired) electrons. The summed E-state index contributed by atoms with van der Waals surface area (Å²) in [7, 11) is 0. The molecule has 1 aromatic carbocycles. The molecule has 1 fully saturated rings. The van der Waals surface area contributed by atoms with E-state index in [-0.39, 0.29) is 53.8 Å². The van der Waals surface area contributed by atoms with Crippen LogP contribution in [0.1, 0.15) is 22.5 Å². The van der Waals surface area contributed by atoms with E-state index >= 15 is 0 Å². The van der Waals surface area contributed by atoms with E-state index in [0.717, 1.165) is 0 Å². The lowest BCUT2D eigenvalue weighted by Crippen LogP contribution is -2.38. The van der Waals surface area contributed by atoms with Gasteiger partial charge in [0.05, 0.1) is 17.1 Å². The molecule has 5 nitrogen and oxygen atoms in total. The van der Waals surface area contributed by atoms with Crippen LogP contribution in [0.4, 0.5) is 17.6 Å². The van der Waals surface area contributed by atoms with Gasteiger partial charge in [-0.25, -0.2) is 4.39 Å². The third kappa shape index (κ3) is 4.47. The fourth-order valence-corrected chi connectivity index (χ4v) is 3.51. The first-order chi connectivity index (χ1) is 13.2. The molecule has 0 unspecified atom stereocenters. The van der Waals surface area contributed by atoms with Gasteiger partial charge in [0.2, 0.25) is 0 Å². The van der Waals surface area contributed by atoms with Gasteiger partial charge in [-0.2, -0.15) is 13.2 Å². The zero-order valence-corrected chi connectivity index (χ0v) is 15.8. The summed E-state index contributed by atoms with van der Waals surface area (Å²) in [6.07, 6.45) is -3.90. The van der Waals surface area contributed by atoms with Gasteiger partial charge in [0.25, 0.3) is 5.91 Å². The van der Waals surface area contributed by atoms with Gasteiger partial charge in [-0.3, -0.25) is 9.69 Å². The molecule has 0 atom stereocenters.